The van der Waals surface area contributed by atoms with E-state index in [4.69, 9.17) is 16.3 Å². The van der Waals surface area contributed by atoms with Crippen LogP contribution in [0.4, 0.5) is 0 Å². The summed E-state index contributed by atoms with van der Waals surface area (Å²) in [6.45, 7) is 2.37. The van der Waals surface area contributed by atoms with Gasteiger partial charge < -0.3 is 4.74 Å². The summed E-state index contributed by atoms with van der Waals surface area (Å²) in [6.07, 6.45) is 1.29. The molecule has 1 saturated heterocycles. The van der Waals surface area contributed by atoms with Gasteiger partial charge in [0.2, 0.25) is 0 Å². The Morgan fingerprint density at radius 2 is 2.06 bits per heavy atom. The number of ether oxygens (including phenoxy) is 1. The van der Waals surface area contributed by atoms with Crippen molar-refractivity contribution in [2.75, 3.05) is 20.2 Å². The molecule has 0 saturated carbocycles. The van der Waals surface area contributed by atoms with Crippen LogP contribution in [0.25, 0.3) is 0 Å². The molecular formula is C13H16ClNO2. The fourth-order valence-electron chi connectivity index (χ4n) is 2.07. The molecule has 0 atom stereocenters. The third-order valence-electron chi connectivity index (χ3n) is 3.09. The summed E-state index contributed by atoms with van der Waals surface area (Å²) in [6, 6.07) is 5.66. The lowest BCUT2D eigenvalue weighted by molar-refractivity contribution is -0.121. The van der Waals surface area contributed by atoms with Crippen molar-refractivity contribution in [3.63, 3.8) is 0 Å². The molecule has 0 aliphatic carbocycles. The third-order valence-corrected chi connectivity index (χ3v) is 3.45. The van der Waals surface area contributed by atoms with Crippen molar-refractivity contribution in [3.05, 3.63) is 28.8 Å². The Morgan fingerprint density at radius 1 is 1.35 bits per heavy atom. The van der Waals surface area contributed by atoms with E-state index in [1.54, 1.807) is 7.11 Å². The minimum atomic E-state index is 0.354. The molecule has 0 aromatic heterocycles. The summed E-state index contributed by atoms with van der Waals surface area (Å²) < 4.78 is 5.31. The number of rotatable bonds is 3. The van der Waals surface area contributed by atoms with Gasteiger partial charge in [0.05, 0.1) is 7.11 Å². The summed E-state index contributed by atoms with van der Waals surface area (Å²) in [4.78, 5) is 13.4. The lowest BCUT2D eigenvalue weighted by Gasteiger charge is -2.26. The fraction of sp³-hybridized carbons (Fsp3) is 0.462. The van der Waals surface area contributed by atoms with E-state index in [0.29, 0.717) is 18.6 Å². The van der Waals surface area contributed by atoms with E-state index in [9.17, 15) is 4.79 Å². The Balaban J connectivity index is 2.10. The van der Waals surface area contributed by atoms with Gasteiger partial charge in [-0.3, -0.25) is 9.69 Å². The van der Waals surface area contributed by atoms with Crippen LogP contribution in [0.2, 0.25) is 5.02 Å². The Hall–Kier alpha value is -1.06. The first-order valence-electron chi connectivity index (χ1n) is 5.76. The first-order chi connectivity index (χ1) is 8.20. The van der Waals surface area contributed by atoms with Gasteiger partial charge in [-0.25, -0.2) is 0 Å². The van der Waals surface area contributed by atoms with Crippen LogP contribution < -0.4 is 4.74 Å². The zero-order valence-electron chi connectivity index (χ0n) is 9.91. The van der Waals surface area contributed by atoms with Gasteiger partial charge in [0, 0.05) is 43.1 Å². The second-order valence-electron chi connectivity index (χ2n) is 4.24. The number of methoxy groups -OCH3 is 1. The molecular weight excluding hydrogens is 238 g/mol. The van der Waals surface area contributed by atoms with Crippen LogP contribution in [0.15, 0.2) is 18.2 Å². The van der Waals surface area contributed by atoms with Gasteiger partial charge in [-0.05, 0) is 12.1 Å². The number of piperidine rings is 1. The molecule has 1 heterocycles. The standard InChI is InChI=1S/C13H16ClNO2/c1-17-13-4-2-3-12(14)11(13)9-15-7-5-10(16)6-8-15/h2-4H,5-9H2,1H3. The minimum absolute atomic E-state index is 0.354. The Kier molecular flexibility index (Phi) is 4.02. The summed E-state index contributed by atoms with van der Waals surface area (Å²) in [5, 5.41) is 0.723. The molecule has 1 aromatic carbocycles. The van der Waals surface area contributed by atoms with Crippen LogP contribution in [-0.2, 0) is 11.3 Å². The van der Waals surface area contributed by atoms with E-state index in [1.165, 1.54) is 0 Å². The molecule has 3 nitrogen and oxygen atoms in total. The normalized spacial score (nSPS) is 17.2. The average Bonchev–Trinajstić information content (AvgIpc) is 2.34. The number of Topliss-reactive ketones (excluding diaryl/α,β-unsaturated/α-hetero) is 1. The van der Waals surface area contributed by atoms with Crippen molar-refractivity contribution in [1.82, 2.24) is 4.90 Å². The van der Waals surface area contributed by atoms with E-state index in [2.05, 4.69) is 4.90 Å². The number of likely N-dealkylation sites (tertiary alicyclic amines) is 1. The van der Waals surface area contributed by atoms with Gasteiger partial charge in [0.1, 0.15) is 11.5 Å². The number of hydrogen-bond acceptors (Lipinski definition) is 3. The van der Waals surface area contributed by atoms with Gasteiger partial charge in [-0.15, -0.1) is 0 Å². The summed E-state index contributed by atoms with van der Waals surface area (Å²) in [5.74, 6) is 1.17. The highest BCUT2D eigenvalue weighted by Gasteiger charge is 2.18. The van der Waals surface area contributed by atoms with Crippen molar-refractivity contribution in [3.8, 4) is 5.75 Å². The van der Waals surface area contributed by atoms with E-state index >= 15 is 0 Å². The molecule has 0 N–H and O–H groups in total. The molecule has 0 unspecified atom stereocenters. The first-order valence-corrected chi connectivity index (χ1v) is 6.14. The topological polar surface area (TPSA) is 29.5 Å². The summed E-state index contributed by atoms with van der Waals surface area (Å²) >= 11 is 6.18. The molecule has 1 aromatic rings. The number of nitrogens with zero attached hydrogens (tertiary/aromatic N) is 1. The fourth-order valence-corrected chi connectivity index (χ4v) is 2.29. The van der Waals surface area contributed by atoms with Gasteiger partial charge in [0.15, 0.2) is 0 Å². The van der Waals surface area contributed by atoms with Crippen LogP contribution in [0, 0.1) is 0 Å². The minimum Gasteiger partial charge on any atom is -0.496 e. The number of carbonyl (C=O) groups is 1. The monoisotopic (exact) mass is 253 g/mol. The number of hydrogen-bond donors (Lipinski definition) is 0. The lowest BCUT2D eigenvalue weighted by Crippen LogP contribution is -2.33. The quantitative estimate of drug-likeness (QED) is 0.829. The lowest BCUT2D eigenvalue weighted by atomic mass is 10.1. The summed E-state index contributed by atoms with van der Waals surface area (Å²) in [7, 11) is 1.65. The molecule has 92 valence electrons. The molecule has 0 bridgehead atoms. The molecule has 2 rings (SSSR count). The average molecular weight is 254 g/mol. The van der Waals surface area contributed by atoms with E-state index in [-0.39, 0.29) is 0 Å². The molecule has 17 heavy (non-hydrogen) atoms. The van der Waals surface area contributed by atoms with Crippen molar-refractivity contribution in [2.45, 2.75) is 19.4 Å². The van der Waals surface area contributed by atoms with Crippen molar-refractivity contribution in [2.24, 2.45) is 0 Å². The maximum Gasteiger partial charge on any atom is 0.135 e. The van der Waals surface area contributed by atoms with Crippen molar-refractivity contribution < 1.29 is 9.53 Å². The molecule has 0 radical (unpaired) electrons. The maximum absolute atomic E-state index is 11.2. The Bertz CT molecular complexity index is 410. The second-order valence-corrected chi connectivity index (χ2v) is 4.64. The largest absolute Gasteiger partial charge is 0.496 e. The highest BCUT2D eigenvalue weighted by Crippen LogP contribution is 2.28. The van der Waals surface area contributed by atoms with Crippen molar-refractivity contribution >= 4 is 17.4 Å². The Labute approximate surface area is 106 Å². The second kappa shape index (κ2) is 5.52. The smallest absolute Gasteiger partial charge is 0.135 e. The van der Waals surface area contributed by atoms with Gasteiger partial charge in [0.25, 0.3) is 0 Å². The zero-order valence-corrected chi connectivity index (χ0v) is 10.7. The molecule has 4 heteroatoms. The maximum atomic E-state index is 11.2. The number of carbonyl (C=O) groups excluding carboxylic acids is 1. The molecule has 0 amide bonds. The van der Waals surface area contributed by atoms with Crippen LogP contribution >= 0.6 is 11.6 Å². The predicted molar refractivity (Wildman–Crippen MR) is 67.5 cm³/mol. The molecule has 1 aliphatic rings. The first kappa shape index (κ1) is 12.4. The van der Waals surface area contributed by atoms with Crippen LogP contribution in [0.3, 0.4) is 0 Å². The SMILES string of the molecule is COc1cccc(Cl)c1CN1CCC(=O)CC1. The number of halogens is 1. The highest BCUT2D eigenvalue weighted by atomic mass is 35.5. The van der Waals surface area contributed by atoms with E-state index in [1.807, 2.05) is 18.2 Å². The van der Waals surface area contributed by atoms with Gasteiger partial charge >= 0.3 is 0 Å². The predicted octanol–water partition coefficient (Wildman–Crippen LogP) is 2.51. The van der Waals surface area contributed by atoms with Crippen LogP contribution in [-0.4, -0.2) is 30.9 Å². The van der Waals surface area contributed by atoms with Crippen molar-refractivity contribution in [1.29, 1.82) is 0 Å². The van der Waals surface area contributed by atoms with Crippen LogP contribution in [0.1, 0.15) is 18.4 Å². The zero-order chi connectivity index (χ0) is 12.3. The van der Waals surface area contributed by atoms with Gasteiger partial charge in [-0.2, -0.15) is 0 Å². The van der Waals surface area contributed by atoms with E-state index < -0.39 is 0 Å². The molecule has 0 spiro atoms. The highest BCUT2D eigenvalue weighted by molar-refractivity contribution is 6.31. The van der Waals surface area contributed by atoms with E-state index in [0.717, 1.165) is 36.0 Å². The molecule has 1 aliphatic heterocycles. The number of ketones is 1. The third kappa shape index (κ3) is 2.99. The Morgan fingerprint density at radius 3 is 2.71 bits per heavy atom. The van der Waals surface area contributed by atoms with Crippen LogP contribution in [0.5, 0.6) is 5.75 Å². The summed E-state index contributed by atoms with van der Waals surface area (Å²) in [5.41, 5.74) is 1.01. The molecule has 1 fully saturated rings. The number of benzene rings is 1. The van der Waals surface area contributed by atoms with Gasteiger partial charge in [-0.1, -0.05) is 17.7 Å².